The Hall–Kier alpha value is -1.67. The standard InChI is InChI=1S/C15H27N5O3/c1-3-11(2)17-12(21)10-19-7-4-15(5-8-19)13(22)20(9-6-16)14(23)18-15/h11H,3-10,16H2,1-2H3,(H,17,21)(H,18,23). The SMILES string of the molecule is CCC(C)NC(=O)CN1CCC2(CC1)NC(=O)N(CCN)C2=O. The molecular formula is C15H27N5O3. The van der Waals surface area contributed by atoms with Gasteiger partial charge in [-0.2, -0.15) is 0 Å². The van der Waals surface area contributed by atoms with E-state index in [4.69, 9.17) is 5.73 Å². The lowest BCUT2D eigenvalue weighted by atomic mass is 9.87. The molecule has 2 rings (SSSR count). The van der Waals surface area contributed by atoms with E-state index in [-0.39, 0.29) is 37.0 Å². The highest BCUT2D eigenvalue weighted by Gasteiger charge is 2.51. The van der Waals surface area contributed by atoms with Crippen LogP contribution in [-0.4, -0.2) is 71.9 Å². The van der Waals surface area contributed by atoms with Gasteiger partial charge < -0.3 is 16.4 Å². The second-order valence-electron chi connectivity index (χ2n) is 6.41. The third-order valence-corrected chi connectivity index (χ3v) is 4.70. The van der Waals surface area contributed by atoms with Crippen LogP contribution < -0.4 is 16.4 Å². The number of imide groups is 1. The number of carbonyl (C=O) groups excluding carboxylic acids is 3. The highest BCUT2D eigenvalue weighted by Crippen LogP contribution is 2.29. The Morgan fingerprint density at radius 3 is 2.61 bits per heavy atom. The third kappa shape index (κ3) is 3.81. The molecule has 0 aromatic carbocycles. The summed E-state index contributed by atoms with van der Waals surface area (Å²) in [4.78, 5) is 39.6. The summed E-state index contributed by atoms with van der Waals surface area (Å²) < 4.78 is 0. The van der Waals surface area contributed by atoms with E-state index in [1.54, 1.807) is 0 Å². The maximum absolute atomic E-state index is 12.5. The monoisotopic (exact) mass is 325 g/mol. The maximum atomic E-state index is 12.5. The summed E-state index contributed by atoms with van der Waals surface area (Å²) in [5.74, 6) is -0.182. The number of rotatable bonds is 6. The highest BCUT2D eigenvalue weighted by atomic mass is 16.2. The topological polar surface area (TPSA) is 108 Å². The summed E-state index contributed by atoms with van der Waals surface area (Å²) in [7, 11) is 0. The first-order valence-corrected chi connectivity index (χ1v) is 8.27. The van der Waals surface area contributed by atoms with Crippen LogP contribution in [-0.2, 0) is 9.59 Å². The van der Waals surface area contributed by atoms with Crippen LogP contribution in [0.3, 0.4) is 0 Å². The zero-order valence-electron chi connectivity index (χ0n) is 13.9. The minimum Gasteiger partial charge on any atom is -0.353 e. The van der Waals surface area contributed by atoms with Crippen LogP contribution in [0, 0.1) is 0 Å². The summed E-state index contributed by atoms with van der Waals surface area (Å²) in [5.41, 5.74) is 4.64. The molecular weight excluding hydrogens is 298 g/mol. The zero-order valence-corrected chi connectivity index (χ0v) is 13.9. The lowest BCUT2D eigenvalue weighted by Crippen LogP contribution is -2.56. The molecule has 1 spiro atoms. The molecule has 2 saturated heterocycles. The van der Waals surface area contributed by atoms with Gasteiger partial charge in [-0.25, -0.2) is 4.79 Å². The van der Waals surface area contributed by atoms with E-state index < -0.39 is 5.54 Å². The number of nitrogens with two attached hydrogens (primary N) is 1. The summed E-state index contributed by atoms with van der Waals surface area (Å²) in [6, 6.07) is -0.192. The van der Waals surface area contributed by atoms with Crippen LogP contribution in [0.5, 0.6) is 0 Å². The molecule has 2 aliphatic heterocycles. The summed E-state index contributed by atoms with van der Waals surface area (Å²) in [6.07, 6.45) is 1.94. The Balaban J connectivity index is 1.87. The van der Waals surface area contributed by atoms with Gasteiger partial charge in [0.2, 0.25) is 5.91 Å². The molecule has 23 heavy (non-hydrogen) atoms. The average molecular weight is 325 g/mol. The van der Waals surface area contributed by atoms with Crippen molar-refractivity contribution in [3.63, 3.8) is 0 Å². The Morgan fingerprint density at radius 2 is 2.04 bits per heavy atom. The lowest BCUT2D eigenvalue weighted by molar-refractivity contribution is -0.133. The predicted octanol–water partition coefficient (Wildman–Crippen LogP) is -0.754. The lowest BCUT2D eigenvalue weighted by Gasteiger charge is -2.37. The molecule has 4 N–H and O–H groups in total. The van der Waals surface area contributed by atoms with E-state index in [0.29, 0.717) is 32.5 Å². The van der Waals surface area contributed by atoms with Crippen molar-refractivity contribution in [2.24, 2.45) is 5.73 Å². The largest absolute Gasteiger partial charge is 0.353 e. The minimum atomic E-state index is -0.810. The number of amides is 4. The Bertz CT molecular complexity index is 474. The van der Waals surface area contributed by atoms with Crippen molar-refractivity contribution in [3.8, 4) is 0 Å². The van der Waals surface area contributed by atoms with Crippen LogP contribution in [0.15, 0.2) is 0 Å². The molecule has 1 unspecified atom stereocenters. The molecule has 0 radical (unpaired) electrons. The van der Waals surface area contributed by atoms with Crippen molar-refractivity contribution in [2.75, 3.05) is 32.7 Å². The number of nitrogens with one attached hydrogen (secondary N) is 2. The third-order valence-electron chi connectivity index (χ3n) is 4.70. The molecule has 0 aliphatic carbocycles. The Labute approximate surface area is 136 Å². The van der Waals surface area contributed by atoms with Crippen LogP contribution in [0.4, 0.5) is 4.79 Å². The van der Waals surface area contributed by atoms with Gasteiger partial charge in [-0.15, -0.1) is 0 Å². The fraction of sp³-hybridized carbons (Fsp3) is 0.800. The molecule has 0 bridgehead atoms. The van der Waals surface area contributed by atoms with Gasteiger partial charge in [0.15, 0.2) is 0 Å². The zero-order chi connectivity index (χ0) is 17.0. The van der Waals surface area contributed by atoms with E-state index in [1.165, 1.54) is 4.90 Å². The Morgan fingerprint density at radius 1 is 1.39 bits per heavy atom. The molecule has 0 aromatic rings. The number of urea groups is 1. The minimum absolute atomic E-state index is 0.00171. The molecule has 0 saturated carbocycles. The van der Waals surface area contributed by atoms with Crippen molar-refractivity contribution in [2.45, 2.75) is 44.7 Å². The first kappa shape index (κ1) is 17.7. The number of hydrogen-bond acceptors (Lipinski definition) is 5. The van der Waals surface area contributed by atoms with Crippen LogP contribution in [0.1, 0.15) is 33.1 Å². The van der Waals surface area contributed by atoms with Gasteiger partial charge in [0.1, 0.15) is 5.54 Å². The van der Waals surface area contributed by atoms with E-state index in [9.17, 15) is 14.4 Å². The molecule has 0 aromatic heterocycles. The van der Waals surface area contributed by atoms with E-state index in [0.717, 1.165) is 6.42 Å². The van der Waals surface area contributed by atoms with Gasteiger partial charge in [0.05, 0.1) is 6.54 Å². The second-order valence-corrected chi connectivity index (χ2v) is 6.41. The van der Waals surface area contributed by atoms with Crippen molar-refractivity contribution < 1.29 is 14.4 Å². The van der Waals surface area contributed by atoms with E-state index in [2.05, 4.69) is 10.6 Å². The number of hydrogen-bond donors (Lipinski definition) is 3. The van der Waals surface area contributed by atoms with E-state index >= 15 is 0 Å². The highest BCUT2D eigenvalue weighted by molar-refractivity contribution is 6.07. The number of likely N-dealkylation sites (tertiary alicyclic amines) is 1. The second kappa shape index (κ2) is 7.27. The van der Waals surface area contributed by atoms with Crippen molar-refractivity contribution in [3.05, 3.63) is 0 Å². The van der Waals surface area contributed by atoms with Crippen LogP contribution in [0.2, 0.25) is 0 Å². The van der Waals surface area contributed by atoms with Gasteiger partial charge >= 0.3 is 6.03 Å². The van der Waals surface area contributed by atoms with Crippen LogP contribution >= 0.6 is 0 Å². The summed E-state index contributed by atoms with van der Waals surface area (Å²) in [5, 5.41) is 5.76. The molecule has 2 fully saturated rings. The van der Waals surface area contributed by atoms with Gasteiger partial charge in [-0.1, -0.05) is 6.92 Å². The number of piperidine rings is 1. The van der Waals surface area contributed by atoms with Crippen molar-refractivity contribution in [1.29, 1.82) is 0 Å². The molecule has 4 amide bonds. The van der Waals surface area contributed by atoms with Crippen LogP contribution in [0.25, 0.3) is 0 Å². The van der Waals surface area contributed by atoms with Gasteiger partial charge in [-0.3, -0.25) is 19.4 Å². The van der Waals surface area contributed by atoms with E-state index in [1.807, 2.05) is 18.7 Å². The number of nitrogens with zero attached hydrogens (tertiary/aromatic N) is 2. The Kier molecular flexibility index (Phi) is 5.59. The normalized spacial score (nSPS) is 22.3. The van der Waals surface area contributed by atoms with Gasteiger partial charge in [0.25, 0.3) is 5.91 Å². The first-order valence-electron chi connectivity index (χ1n) is 8.27. The fourth-order valence-corrected chi connectivity index (χ4v) is 3.07. The molecule has 2 heterocycles. The first-order chi connectivity index (χ1) is 10.9. The average Bonchev–Trinajstić information content (AvgIpc) is 2.74. The smallest absolute Gasteiger partial charge is 0.325 e. The summed E-state index contributed by atoms with van der Waals surface area (Å²) in [6.45, 7) is 6.05. The molecule has 130 valence electrons. The fourth-order valence-electron chi connectivity index (χ4n) is 3.07. The molecule has 8 heteroatoms. The predicted molar refractivity (Wildman–Crippen MR) is 85.6 cm³/mol. The molecule has 8 nitrogen and oxygen atoms in total. The number of carbonyl (C=O) groups is 3. The molecule has 2 aliphatic rings. The van der Waals surface area contributed by atoms with Crippen molar-refractivity contribution in [1.82, 2.24) is 20.4 Å². The summed E-state index contributed by atoms with van der Waals surface area (Å²) >= 11 is 0. The van der Waals surface area contributed by atoms with Gasteiger partial charge in [-0.05, 0) is 26.2 Å². The quantitative estimate of drug-likeness (QED) is 0.557. The van der Waals surface area contributed by atoms with Gasteiger partial charge in [0, 0.05) is 32.2 Å². The van der Waals surface area contributed by atoms with Crippen molar-refractivity contribution >= 4 is 17.8 Å². The maximum Gasteiger partial charge on any atom is 0.325 e. The molecule has 1 atom stereocenters.